The minimum absolute atomic E-state index is 0.00797. The van der Waals surface area contributed by atoms with Crippen molar-refractivity contribution in [1.29, 1.82) is 0 Å². The first-order valence-corrected chi connectivity index (χ1v) is 12.8. The number of aliphatic hydroxyl groups excluding tert-OH is 1. The summed E-state index contributed by atoms with van der Waals surface area (Å²) < 4.78 is 31.2. The van der Waals surface area contributed by atoms with Crippen molar-refractivity contribution < 1.29 is 27.9 Å². The molecule has 2 aromatic carbocycles. The maximum atomic E-state index is 13.1. The van der Waals surface area contributed by atoms with E-state index in [9.17, 15) is 23.1 Å². The number of morpholine rings is 1. The van der Waals surface area contributed by atoms with E-state index in [0.29, 0.717) is 31.9 Å². The van der Waals surface area contributed by atoms with Gasteiger partial charge in [0.25, 0.3) is 11.7 Å². The molecule has 0 saturated carbocycles. The van der Waals surface area contributed by atoms with Crippen molar-refractivity contribution in [1.82, 2.24) is 14.1 Å². The molecule has 9 nitrogen and oxygen atoms in total. The van der Waals surface area contributed by atoms with E-state index < -0.39 is 27.8 Å². The number of ketones is 1. The molecule has 1 N–H and O–H groups in total. The predicted octanol–water partition coefficient (Wildman–Crippen LogP) is 1.69. The molecule has 0 radical (unpaired) electrons. The highest BCUT2D eigenvalue weighted by Gasteiger charge is 2.46. The average molecular weight is 500 g/mol. The number of benzene rings is 2. The summed E-state index contributed by atoms with van der Waals surface area (Å²) in [6, 6.07) is 14.0. The number of carbonyl (C=O) groups excluding carboxylic acids is 2. The first-order valence-electron chi connectivity index (χ1n) is 11.4. The Kier molecular flexibility index (Phi) is 7.36. The molecule has 0 aliphatic carbocycles. The van der Waals surface area contributed by atoms with Crippen LogP contribution in [0.4, 0.5) is 0 Å². The van der Waals surface area contributed by atoms with Crippen LogP contribution in [0, 0.1) is 0 Å². The zero-order valence-corrected chi connectivity index (χ0v) is 20.6. The molecule has 2 saturated heterocycles. The number of aliphatic hydroxyl groups is 1. The van der Waals surface area contributed by atoms with Gasteiger partial charge in [0.2, 0.25) is 10.0 Å². The van der Waals surface area contributed by atoms with Gasteiger partial charge >= 0.3 is 0 Å². The molecule has 4 rings (SSSR count). The molecule has 2 fully saturated rings. The fraction of sp³-hybridized carbons (Fsp3) is 0.360. The van der Waals surface area contributed by atoms with Gasteiger partial charge in [0.1, 0.15) is 5.76 Å². The van der Waals surface area contributed by atoms with Crippen molar-refractivity contribution >= 4 is 27.5 Å². The molecule has 2 aliphatic rings. The number of sulfonamides is 1. The zero-order valence-electron chi connectivity index (χ0n) is 19.8. The zero-order chi connectivity index (χ0) is 25.2. The molecule has 0 spiro atoms. The summed E-state index contributed by atoms with van der Waals surface area (Å²) in [7, 11) is -0.782. The van der Waals surface area contributed by atoms with E-state index in [0.717, 1.165) is 17.4 Å². The van der Waals surface area contributed by atoms with Gasteiger partial charge in [-0.05, 0) is 29.8 Å². The lowest BCUT2D eigenvalue weighted by Crippen LogP contribution is -2.42. The van der Waals surface area contributed by atoms with Crippen LogP contribution in [0.3, 0.4) is 0 Å². The second kappa shape index (κ2) is 10.3. The third kappa shape index (κ3) is 5.01. The van der Waals surface area contributed by atoms with Gasteiger partial charge in [-0.2, -0.15) is 0 Å². The van der Waals surface area contributed by atoms with Crippen molar-refractivity contribution in [3.8, 4) is 0 Å². The summed E-state index contributed by atoms with van der Waals surface area (Å²) >= 11 is 0. The van der Waals surface area contributed by atoms with Gasteiger partial charge in [-0.15, -0.1) is 0 Å². The minimum atomic E-state index is -3.65. The van der Waals surface area contributed by atoms with Gasteiger partial charge in [-0.3, -0.25) is 14.5 Å². The number of carbonyl (C=O) groups is 2. The lowest BCUT2D eigenvalue weighted by atomic mass is 9.95. The van der Waals surface area contributed by atoms with Crippen LogP contribution in [0.2, 0.25) is 0 Å². The molecule has 10 heteroatoms. The fourth-order valence-corrected chi connectivity index (χ4v) is 5.22. The molecule has 0 bridgehead atoms. The molecular weight excluding hydrogens is 470 g/mol. The van der Waals surface area contributed by atoms with Gasteiger partial charge < -0.3 is 14.7 Å². The highest BCUT2D eigenvalue weighted by Crippen LogP contribution is 2.39. The van der Waals surface area contributed by atoms with Crippen LogP contribution in [-0.4, -0.2) is 92.8 Å². The lowest BCUT2D eigenvalue weighted by Gasteiger charge is -2.31. The molecule has 1 atom stereocenters. The SMILES string of the molecule is CN(C)S(=O)(=O)c1ccc(/C(O)=C2\C(=O)C(=O)N(CCN3CCOCC3)[C@H]2c2ccccc2)cc1. The highest BCUT2D eigenvalue weighted by atomic mass is 32.2. The maximum Gasteiger partial charge on any atom is 0.295 e. The molecule has 35 heavy (non-hydrogen) atoms. The van der Waals surface area contributed by atoms with Crippen LogP contribution in [0.1, 0.15) is 17.2 Å². The molecular formula is C25H29N3O6S. The first kappa shape index (κ1) is 25.1. The number of likely N-dealkylation sites (tertiary alicyclic amines) is 1. The standard InChI is InChI=1S/C25H29N3O6S/c1-26(2)35(32,33)20-10-8-19(9-11-20)23(29)21-22(18-6-4-3-5-7-18)28(25(31)24(21)30)13-12-27-14-16-34-17-15-27/h3-11,22,29H,12-17H2,1-2H3/b23-21+/t22-/m0/s1. The topological polar surface area (TPSA) is 107 Å². The molecule has 1 amide bonds. The third-order valence-electron chi connectivity index (χ3n) is 6.32. The Morgan fingerprint density at radius 1 is 1.00 bits per heavy atom. The van der Waals surface area contributed by atoms with E-state index >= 15 is 0 Å². The number of nitrogens with zero attached hydrogens (tertiary/aromatic N) is 3. The Labute approximate surface area is 205 Å². The quantitative estimate of drug-likeness (QED) is 0.351. The number of amides is 1. The van der Waals surface area contributed by atoms with Crippen molar-refractivity contribution in [2.75, 3.05) is 53.5 Å². The van der Waals surface area contributed by atoms with E-state index in [1.165, 1.54) is 43.3 Å². The summed E-state index contributed by atoms with van der Waals surface area (Å²) in [5.41, 5.74) is 0.961. The molecule has 0 aromatic heterocycles. The average Bonchev–Trinajstić information content (AvgIpc) is 3.13. The predicted molar refractivity (Wildman–Crippen MR) is 130 cm³/mol. The number of rotatable bonds is 7. The Bertz CT molecular complexity index is 1220. The van der Waals surface area contributed by atoms with Gasteiger partial charge in [0.15, 0.2) is 0 Å². The van der Waals surface area contributed by atoms with Gasteiger partial charge in [0, 0.05) is 45.8 Å². The summed E-state index contributed by atoms with van der Waals surface area (Å²) in [4.78, 5) is 29.9. The fourth-order valence-electron chi connectivity index (χ4n) is 4.32. The van der Waals surface area contributed by atoms with Crippen molar-refractivity contribution in [3.63, 3.8) is 0 Å². The van der Waals surface area contributed by atoms with E-state index in [4.69, 9.17) is 4.74 Å². The number of hydrogen-bond acceptors (Lipinski definition) is 7. The van der Waals surface area contributed by atoms with E-state index in [1.54, 1.807) is 0 Å². The molecule has 2 aliphatic heterocycles. The van der Waals surface area contributed by atoms with Crippen LogP contribution in [-0.2, 0) is 24.3 Å². The van der Waals surface area contributed by atoms with Crippen LogP contribution < -0.4 is 0 Å². The van der Waals surface area contributed by atoms with Gasteiger partial charge in [-0.1, -0.05) is 30.3 Å². The first-order chi connectivity index (χ1) is 16.7. The second-order valence-corrected chi connectivity index (χ2v) is 10.8. The molecule has 2 heterocycles. The van der Waals surface area contributed by atoms with Crippen LogP contribution in [0.15, 0.2) is 65.1 Å². The van der Waals surface area contributed by atoms with Crippen molar-refractivity contribution in [3.05, 3.63) is 71.3 Å². The normalized spacial score (nSPS) is 21.1. The Morgan fingerprint density at radius 3 is 2.23 bits per heavy atom. The van der Waals surface area contributed by atoms with Gasteiger partial charge in [-0.25, -0.2) is 12.7 Å². The molecule has 2 aromatic rings. The number of ether oxygens (including phenoxy) is 1. The summed E-state index contributed by atoms with van der Waals surface area (Å²) in [6.45, 7) is 3.66. The van der Waals surface area contributed by atoms with E-state index in [2.05, 4.69) is 4.90 Å². The summed E-state index contributed by atoms with van der Waals surface area (Å²) in [5, 5.41) is 11.2. The smallest absolute Gasteiger partial charge is 0.295 e. The van der Waals surface area contributed by atoms with Gasteiger partial charge in [0.05, 0.1) is 29.7 Å². The van der Waals surface area contributed by atoms with Crippen molar-refractivity contribution in [2.24, 2.45) is 0 Å². The summed E-state index contributed by atoms with van der Waals surface area (Å²) in [6.07, 6.45) is 0. The van der Waals surface area contributed by atoms with Crippen LogP contribution in [0.5, 0.6) is 0 Å². The van der Waals surface area contributed by atoms with E-state index in [-0.39, 0.29) is 21.8 Å². The third-order valence-corrected chi connectivity index (χ3v) is 8.15. The molecule has 186 valence electrons. The van der Waals surface area contributed by atoms with Crippen LogP contribution >= 0.6 is 0 Å². The van der Waals surface area contributed by atoms with Crippen molar-refractivity contribution in [2.45, 2.75) is 10.9 Å². The Morgan fingerprint density at radius 2 is 1.63 bits per heavy atom. The maximum absolute atomic E-state index is 13.1. The second-order valence-electron chi connectivity index (χ2n) is 8.67. The Hall–Kier alpha value is -3.05. The highest BCUT2D eigenvalue weighted by molar-refractivity contribution is 7.89. The molecule has 0 unspecified atom stereocenters. The Balaban J connectivity index is 1.71. The summed E-state index contributed by atoms with van der Waals surface area (Å²) in [5.74, 6) is -1.76. The minimum Gasteiger partial charge on any atom is -0.507 e. The number of Topliss-reactive ketones (excluding diaryl/α,β-unsaturated/α-hetero) is 1. The van der Waals surface area contributed by atoms with Crippen LogP contribution in [0.25, 0.3) is 5.76 Å². The monoisotopic (exact) mass is 499 g/mol. The largest absolute Gasteiger partial charge is 0.507 e. The lowest BCUT2D eigenvalue weighted by molar-refractivity contribution is -0.140. The van der Waals surface area contributed by atoms with E-state index in [1.807, 2.05) is 30.3 Å². The number of hydrogen-bond donors (Lipinski definition) is 1.